The third-order valence-corrected chi connectivity index (χ3v) is 12.4. The van der Waals surface area contributed by atoms with Gasteiger partial charge in [-0.15, -0.1) is 0 Å². The Morgan fingerprint density at radius 2 is 0.848 bits per heavy atom. The normalized spacial score (nSPS) is 19.5. The van der Waals surface area contributed by atoms with Gasteiger partial charge in [0.2, 0.25) is 0 Å². The lowest BCUT2D eigenvalue weighted by atomic mass is 9.99. The summed E-state index contributed by atoms with van der Waals surface area (Å²) in [6.07, 6.45) is 49.7. The quantitative estimate of drug-likeness (QED) is 0.0264. The zero-order valence-electron chi connectivity index (χ0n) is 42.2. The SMILES string of the molecule is CCCCCC/C=C\C/C=C\CCCCCCCCCC(=O)OCC(COC1OC(CO)C(O)C(O)C1O)OC(=O)CCCCCCCCCCCCC/C=C\C/C=C\CCCCCCC. The molecule has 0 radical (unpaired) electrons. The molecule has 1 saturated heterocycles. The fourth-order valence-electron chi connectivity index (χ4n) is 8.13. The van der Waals surface area contributed by atoms with E-state index in [9.17, 15) is 30.0 Å². The lowest BCUT2D eigenvalue weighted by Gasteiger charge is -2.39. The van der Waals surface area contributed by atoms with Gasteiger partial charge in [0.15, 0.2) is 12.4 Å². The van der Waals surface area contributed by atoms with Crippen molar-refractivity contribution in [2.45, 2.75) is 275 Å². The lowest BCUT2D eigenvalue weighted by Crippen LogP contribution is -2.59. The van der Waals surface area contributed by atoms with Crippen molar-refractivity contribution in [2.75, 3.05) is 19.8 Å². The fourth-order valence-corrected chi connectivity index (χ4v) is 8.13. The van der Waals surface area contributed by atoms with Crippen molar-refractivity contribution in [3.8, 4) is 0 Å². The zero-order chi connectivity index (χ0) is 48.0. The van der Waals surface area contributed by atoms with Crippen LogP contribution in [0.2, 0.25) is 0 Å². The molecule has 10 nitrogen and oxygen atoms in total. The van der Waals surface area contributed by atoms with Crippen molar-refractivity contribution in [3.63, 3.8) is 0 Å². The highest BCUT2D eigenvalue weighted by Crippen LogP contribution is 2.23. The fraction of sp³-hybridized carbons (Fsp3) is 0.821. The molecule has 1 heterocycles. The summed E-state index contributed by atoms with van der Waals surface area (Å²) < 4.78 is 22.3. The number of hydrogen-bond acceptors (Lipinski definition) is 10. The van der Waals surface area contributed by atoms with E-state index in [1.165, 1.54) is 141 Å². The number of carbonyl (C=O) groups is 2. The van der Waals surface area contributed by atoms with Gasteiger partial charge >= 0.3 is 11.9 Å². The van der Waals surface area contributed by atoms with Crippen LogP contribution in [0.25, 0.3) is 0 Å². The van der Waals surface area contributed by atoms with Gasteiger partial charge in [0.1, 0.15) is 31.0 Å². The van der Waals surface area contributed by atoms with Crippen LogP contribution in [0.5, 0.6) is 0 Å². The van der Waals surface area contributed by atoms with Crippen LogP contribution in [-0.2, 0) is 28.5 Å². The third kappa shape index (κ3) is 36.7. The average Bonchev–Trinajstić information content (AvgIpc) is 3.32. The standard InChI is InChI=1S/C56H100O10/c1-3-5-7-9-11-13-15-17-19-21-23-24-25-26-27-29-31-33-35-37-39-41-43-45-52(59)65-49(48-64-56-55(62)54(61)53(60)50(46-57)66-56)47-63-51(58)44-42-40-38-36-34-32-30-28-22-20-18-16-14-12-10-8-6-4-2/h14-17,20-23,49-50,53-57,60-62H,3-13,18-19,24-48H2,1-2H3/b16-14-,17-15-,22-20-,23-21-. The minimum atomic E-state index is -1.60. The summed E-state index contributed by atoms with van der Waals surface area (Å²) >= 11 is 0. The second-order valence-electron chi connectivity index (χ2n) is 18.7. The molecule has 1 aliphatic rings. The van der Waals surface area contributed by atoms with Crippen LogP contribution in [0, 0.1) is 0 Å². The summed E-state index contributed by atoms with van der Waals surface area (Å²) in [7, 11) is 0. The van der Waals surface area contributed by atoms with Crippen LogP contribution >= 0.6 is 0 Å². The van der Waals surface area contributed by atoms with Crippen LogP contribution in [0.1, 0.15) is 239 Å². The highest BCUT2D eigenvalue weighted by atomic mass is 16.7. The van der Waals surface area contributed by atoms with E-state index in [2.05, 4.69) is 62.5 Å². The van der Waals surface area contributed by atoms with Crippen LogP contribution < -0.4 is 0 Å². The maximum atomic E-state index is 12.9. The molecule has 0 spiro atoms. The highest BCUT2D eigenvalue weighted by Gasteiger charge is 2.44. The number of aliphatic hydroxyl groups excluding tert-OH is 4. The molecular formula is C56H100O10. The molecule has 1 fully saturated rings. The summed E-state index contributed by atoms with van der Waals surface area (Å²) in [4.78, 5) is 25.5. The van der Waals surface area contributed by atoms with Crippen molar-refractivity contribution in [3.05, 3.63) is 48.6 Å². The van der Waals surface area contributed by atoms with Crippen molar-refractivity contribution in [1.82, 2.24) is 0 Å². The summed E-state index contributed by atoms with van der Waals surface area (Å²) in [6, 6.07) is 0. The number of ether oxygens (including phenoxy) is 4. The number of allylic oxidation sites excluding steroid dienone is 8. The van der Waals surface area contributed by atoms with Gasteiger partial charge in [-0.1, -0.05) is 197 Å². The van der Waals surface area contributed by atoms with Crippen molar-refractivity contribution in [1.29, 1.82) is 0 Å². The largest absolute Gasteiger partial charge is 0.462 e. The molecule has 0 aromatic heterocycles. The number of aliphatic hydroxyl groups is 4. The summed E-state index contributed by atoms with van der Waals surface area (Å²) in [5.74, 6) is -0.812. The summed E-state index contributed by atoms with van der Waals surface area (Å²) in [5.41, 5.74) is 0. The second-order valence-corrected chi connectivity index (χ2v) is 18.7. The van der Waals surface area contributed by atoms with E-state index in [1.54, 1.807) is 0 Å². The monoisotopic (exact) mass is 933 g/mol. The Morgan fingerprint density at radius 1 is 0.470 bits per heavy atom. The molecule has 6 unspecified atom stereocenters. The van der Waals surface area contributed by atoms with E-state index in [0.29, 0.717) is 6.42 Å². The predicted molar refractivity (Wildman–Crippen MR) is 270 cm³/mol. The number of hydrogen-bond donors (Lipinski definition) is 4. The Morgan fingerprint density at radius 3 is 1.27 bits per heavy atom. The molecule has 4 N–H and O–H groups in total. The van der Waals surface area contributed by atoms with Crippen molar-refractivity contribution >= 4 is 11.9 Å². The Bertz CT molecular complexity index is 1210. The summed E-state index contributed by atoms with van der Waals surface area (Å²) in [6.45, 7) is 3.41. The van der Waals surface area contributed by atoms with E-state index in [4.69, 9.17) is 18.9 Å². The first-order chi connectivity index (χ1) is 32.3. The molecule has 0 saturated carbocycles. The van der Waals surface area contributed by atoms with E-state index in [-0.39, 0.29) is 32.0 Å². The molecule has 0 amide bonds. The number of esters is 2. The Hall–Kier alpha value is -2.34. The van der Waals surface area contributed by atoms with Crippen LogP contribution in [0.15, 0.2) is 48.6 Å². The molecule has 0 bridgehead atoms. The first-order valence-electron chi connectivity index (χ1n) is 27.2. The van der Waals surface area contributed by atoms with Gasteiger partial charge < -0.3 is 39.4 Å². The molecule has 66 heavy (non-hydrogen) atoms. The lowest BCUT2D eigenvalue weighted by molar-refractivity contribution is -0.305. The van der Waals surface area contributed by atoms with E-state index in [1.807, 2.05) is 0 Å². The maximum Gasteiger partial charge on any atom is 0.306 e. The van der Waals surface area contributed by atoms with Gasteiger partial charge in [-0.05, 0) is 77.0 Å². The van der Waals surface area contributed by atoms with Crippen LogP contribution in [0.4, 0.5) is 0 Å². The molecule has 0 aromatic rings. The second kappa shape index (κ2) is 46.4. The third-order valence-electron chi connectivity index (χ3n) is 12.4. The van der Waals surface area contributed by atoms with Gasteiger partial charge in [-0.3, -0.25) is 9.59 Å². The molecule has 1 rings (SSSR count). The minimum Gasteiger partial charge on any atom is -0.462 e. The molecule has 10 heteroatoms. The van der Waals surface area contributed by atoms with Crippen molar-refractivity contribution in [2.24, 2.45) is 0 Å². The van der Waals surface area contributed by atoms with E-state index >= 15 is 0 Å². The minimum absolute atomic E-state index is 0.222. The smallest absolute Gasteiger partial charge is 0.306 e. The molecule has 0 aliphatic carbocycles. The Kier molecular flexibility index (Phi) is 43.4. The number of unbranched alkanes of at least 4 members (excludes halogenated alkanes) is 27. The van der Waals surface area contributed by atoms with Gasteiger partial charge in [0.25, 0.3) is 0 Å². The van der Waals surface area contributed by atoms with Crippen molar-refractivity contribution < 1.29 is 49.0 Å². The van der Waals surface area contributed by atoms with E-state index < -0.39 is 49.4 Å². The molecule has 1 aliphatic heterocycles. The molecule has 384 valence electrons. The zero-order valence-corrected chi connectivity index (χ0v) is 42.2. The first kappa shape index (κ1) is 61.7. The Balaban J connectivity index is 2.24. The Labute approximate surface area is 403 Å². The highest BCUT2D eigenvalue weighted by molar-refractivity contribution is 5.70. The van der Waals surface area contributed by atoms with Crippen LogP contribution in [0.3, 0.4) is 0 Å². The predicted octanol–water partition coefficient (Wildman–Crippen LogP) is 13.2. The number of rotatable bonds is 46. The van der Waals surface area contributed by atoms with Gasteiger partial charge in [0, 0.05) is 12.8 Å². The van der Waals surface area contributed by atoms with E-state index in [0.717, 1.165) is 64.2 Å². The first-order valence-corrected chi connectivity index (χ1v) is 27.2. The maximum absolute atomic E-state index is 12.9. The average molecular weight is 933 g/mol. The van der Waals surface area contributed by atoms with Gasteiger partial charge in [-0.2, -0.15) is 0 Å². The van der Waals surface area contributed by atoms with Gasteiger partial charge in [-0.25, -0.2) is 0 Å². The van der Waals surface area contributed by atoms with Gasteiger partial charge in [0.05, 0.1) is 13.2 Å². The topological polar surface area (TPSA) is 152 Å². The summed E-state index contributed by atoms with van der Waals surface area (Å²) in [5, 5.41) is 40.3. The number of carbonyl (C=O) groups excluding carboxylic acids is 2. The molecule has 6 atom stereocenters. The van der Waals surface area contributed by atoms with Crippen LogP contribution in [-0.4, -0.2) is 89.0 Å². The molecular weight excluding hydrogens is 833 g/mol. The molecule has 0 aromatic carbocycles.